The van der Waals surface area contributed by atoms with Gasteiger partial charge in [-0.25, -0.2) is 4.98 Å². The lowest BCUT2D eigenvalue weighted by atomic mass is 10.1. The van der Waals surface area contributed by atoms with Crippen molar-refractivity contribution < 1.29 is 9.53 Å². The summed E-state index contributed by atoms with van der Waals surface area (Å²) in [6.45, 7) is 1.70. The Morgan fingerprint density at radius 1 is 0.886 bits per heavy atom. The van der Waals surface area contributed by atoms with Gasteiger partial charge in [0.2, 0.25) is 5.91 Å². The lowest BCUT2D eigenvalue weighted by Crippen LogP contribution is -2.23. The van der Waals surface area contributed by atoms with Crippen LogP contribution in [0.4, 0.5) is 0 Å². The van der Waals surface area contributed by atoms with Gasteiger partial charge in [-0.15, -0.1) is 0 Å². The maximum absolute atomic E-state index is 12.4. The predicted octanol–water partition coefficient (Wildman–Crippen LogP) is 5.99. The van der Waals surface area contributed by atoms with E-state index in [9.17, 15) is 4.79 Å². The molecule has 174 valence electrons. The van der Waals surface area contributed by atoms with E-state index in [1.807, 2.05) is 72.8 Å². The molecule has 1 heterocycles. The van der Waals surface area contributed by atoms with Crippen molar-refractivity contribution in [3.8, 4) is 5.75 Å². The molecule has 1 N–H and O–H groups in total. The number of nitrogens with one attached hydrogen (secondary N) is 1. The fraction of sp³-hybridized carbons (Fsp3) is 0.133. The second-order valence-electron chi connectivity index (χ2n) is 8.34. The number of aromatic nitrogens is 2. The van der Waals surface area contributed by atoms with E-state index in [0.29, 0.717) is 13.2 Å². The van der Waals surface area contributed by atoms with E-state index in [0.717, 1.165) is 41.1 Å². The lowest BCUT2D eigenvalue weighted by Gasteiger charge is -2.11. The van der Waals surface area contributed by atoms with Gasteiger partial charge in [0.1, 0.15) is 11.6 Å². The molecule has 5 aromatic rings. The van der Waals surface area contributed by atoms with Crippen LogP contribution in [0.15, 0.2) is 103 Å². The second-order valence-corrected chi connectivity index (χ2v) is 8.34. The Bertz CT molecular complexity index is 1470. The minimum atomic E-state index is -0.146. The van der Waals surface area contributed by atoms with Crippen molar-refractivity contribution in [3.63, 3.8) is 0 Å². The largest absolute Gasteiger partial charge is 0.494 e. The van der Waals surface area contributed by atoms with Crippen LogP contribution in [0, 0.1) is 0 Å². The van der Waals surface area contributed by atoms with Gasteiger partial charge in [-0.3, -0.25) is 4.79 Å². The molecular weight excluding hydrogens is 434 g/mol. The van der Waals surface area contributed by atoms with Crippen LogP contribution in [0.2, 0.25) is 0 Å². The standard InChI is InChI=1S/C30H27N3O2/c34-30(18-15-23-9-2-1-3-10-23)31-22-29-32-27-13-6-7-14-28(27)33(29)19-8-20-35-26-17-16-24-11-4-5-12-25(24)21-26/h1-7,9-18,21H,8,19-20,22H2,(H,31,34)/b18-15-. The van der Waals surface area contributed by atoms with Gasteiger partial charge in [0.25, 0.3) is 0 Å². The first-order chi connectivity index (χ1) is 17.3. The first-order valence-corrected chi connectivity index (χ1v) is 11.8. The monoisotopic (exact) mass is 461 g/mol. The van der Waals surface area contributed by atoms with Crippen LogP contribution in [-0.4, -0.2) is 22.1 Å². The van der Waals surface area contributed by atoms with Gasteiger partial charge in [-0.1, -0.05) is 72.8 Å². The summed E-state index contributed by atoms with van der Waals surface area (Å²) in [6.07, 6.45) is 4.18. The van der Waals surface area contributed by atoms with Gasteiger partial charge >= 0.3 is 0 Å². The van der Waals surface area contributed by atoms with E-state index in [-0.39, 0.29) is 5.91 Å². The zero-order chi connectivity index (χ0) is 23.9. The number of hydrogen-bond acceptors (Lipinski definition) is 3. The van der Waals surface area contributed by atoms with E-state index < -0.39 is 0 Å². The van der Waals surface area contributed by atoms with Gasteiger partial charge in [0.15, 0.2) is 0 Å². The van der Waals surface area contributed by atoms with Gasteiger partial charge in [0, 0.05) is 12.6 Å². The molecule has 0 aliphatic carbocycles. The van der Waals surface area contributed by atoms with Crippen molar-refractivity contribution in [1.82, 2.24) is 14.9 Å². The van der Waals surface area contributed by atoms with Crippen molar-refractivity contribution in [2.45, 2.75) is 19.5 Å². The number of carbonyl (C=O) groups is 1. The predicted molar refractivity (Wildman–Crippen MR) is 141 cm³/mol. The van der Waals surface area contributed by atoms with E-state index in [2.05, 4.69) is 40.2 Å². The number of fused-ring (bicyclic) bond motifs is 2. The van der Waals surface area contributed by atoms with Crippen LogP contribution in [0.3, 0.4) is 0 Å². The Hall–Kier alpha value is -4.38. The SMILES string of the molecule is O=C(/C=C\c1ccccc1)NCc1nc2ccccc2n1CCCOc1ccc2ccccc2c1. The van der Waals surface area contributed by atoms with Crippen LogP contribution < -0.4 is 10.1 Å². The van der Waals surface area contributed by atoms with Crippen LogP contribution in [0.25, 0.3) is 27.9 Å². The Kier molecular flexibility index (Phi) is 6.85. The highest BCUT2D eigenvalue weighted by Gasteiger charge is 2.11. The normalized spacial score (nSPS) is 11.3. The van der Waals surface area contributed by atoms with Gasteiger partial charge in [-0.2, -0.15) is 0 Å². The Morgan fingerprint density at radius 2 is 1.66 bits per heavy atom. The number of carbonyl (C=O) groups excluding carboxylic acids is 1. The van der Waals surface area contributed by atoms with E-state index in [1.165, 1.54) is 10.8 Å². The number of imidazole rings is 1. The molecule has 0 saturated carbocycles. The summed E-state index contributed by atoms with van der Waals surface area (Å²) >= 11 is 0. The van der Waals surface area contributed by atoms with Crippen molar-refractivity contribution in [3.05, 3.63) is 115 Å². The van der Waals surface area contributed by atoms with E-state index in [1.54, 1.807) is 6.08 Å². The summed E-state index contributed by atoms with van der Waals surface area (Å²) in [5.74, 6) is 1.56. The Balaban J connectivity index is 1.21. The van der Waals surface area contributed by atoms with Gasteiger partial charge < -0.3 is 14.6 Å². The maximum Gasteiger partial charge on any atom is 0.244 e. The number of nitrogens with zero attached hydrogens (tertiary/aromatic N) is 2. The number of aryl methyl sites for hydroxylation is 1. The third kappa shape index (κ3) is 5.58. The molecule has 0 atom stereocenters. The first-order valence-electron chi connectivity index (χ1n) is 11.8. The van der Waals surface area contributed by atoms with Crippen molar-refractivity contribution >= 4 is 33.8 Å². The number of amides is 1. The minimum Gasteiger partial charge on any atom is -0.494 e. The number of ether oxygens (including phenoxy) is 1. The van der Waals surface area contributed by atoms with Crippen LogP contribution in [0.5, 0.6) is 5.75 Å². The molecule has 5 rings (SSSR count). The molecule has 5 heteroatoms. The fourth-order valence-electron chi connectivity index (χ4n) is 4.14. The summed E-state index contributed by atoms with van der Waals surface area (Å²) in [7, 11) is 0. The summed E-state index contributed by atoms with van der Waals surface area (Å²) in [5.41, 5.74) is 2.97. The summed E-state index contributed by atoms with van der Waals surface area (Å²) < 4.78 is 8.19. The molecule has 0 spiro atoms. The zero-order valence-electron chi connectivity index (χ0n) is 19.4. The highest BCUT2D eigenvalue weighted by molar-refractivity contribution is 5.91. The van der Waals surface area contributed by atoms with Crippen molar-refractivity contribution in [2.75, 3.05) is 6.61 Å². The van der Waals surface area contributed by atoms with Crippen LogP contribution in [0.1, 0.15) is 17.8 Å². The number of benzene rings is 4. The molecule has 1 amide bonds. The molecule has 1 aromatic heterocycles. The quantitative estimate of drug-likeness (QED) is 0.217. The number of rotatable bonds is 9. The molecule has 35 heavy (non-hydrogen) atoms. The molecule has 0 aliphatic heterocycles. The third-order valence-corrected chi connectivity index (χ3v) is 5.90. The molecule has 0 fully saturated rings. The van der Waals surface area contributed by atoms with Crippen LogP contribution >= 0.6 is 0 Å². The smallest absolute Gasteiger partial charge is 0.244 e. The first kappa shape index (κ1) is 22.4. The number of hydrogen-bond donors (Lipinski definition) is 1. The Labute approximate surface area is 204 Å². The van der Waals surface area contributed by atoms with Gasteiger partial charge in [-0.05, 0) is 53.1 Å². The molecule has 0 aliphatic rings. The second kappa shape index (κ2) is 10.7. The molecule has 5 nitrogen and oxygen atoms in total. The van der Waals surface area contributed by atoms with E-state index in [4.69, 9.17) is 9.72 Å². The van der Waals surface area contributed by atoms with Crippen molar-refractivity contribution in [1.29, 1.82) is 0 Å². The highest BCUT2D eigenvalue weighted by Crippen LogP contribution is 2.21. The van der Waals surface area contributed by atoms with Crippen molar-refractivity contribution in [2.24, 2.45) is 0 Å². The topological polar surface area (TPSA) is 56.2 Å². The molecule has 0 radical (unpaired) electrons. The summed E-state index contributed by atoms with van der Waals surface area (Å²) in [6, 6.07) is 32.3. The third-order valence-electron chi connectivity index (χ3n) is 5.90. The lowest BCUT2D eigenvalue weighted by molar-refractivity contribution is -0.116. The summed E-state index contributed by atoms with van der Waals surface area (Å²) in [4.78, 5) is 17.1. The maximum atomic E-state index is 12.4. The molecular formula is C30H27N3O2. The molecule has 4 aromatic carbocycles. The minimum absolute atomic E-state index is 0.146. The molecule has 0 unspecified atom stereocenters. The average molecular weight is 462 g/mol. The Morgan fingerprint density at radius 3 is 2.54 bits per heavy atom. The fourth-order valence-corrected chi connectivity index (χ4v) is 4.14. The zero-order valence-corrected chi connectivity index (χ0v) is 19.4. The number of para-hydroxylation sites is 2. The molecule has 0 bridgehead atoms. The van der Waals surface area contributed by atoms with E-state index >= 15 is 0 Å². The van der Waals surface area contributed by atoms with Gasteiger partial charge in [0.05, 0.1) is 24.2 Å². The highest BCUT2D eigenvalue weighted by atomic mass is 16.5. The average Bonchev–Trinajstić information content (AvgIpc) is 3.26. The summed E-state index contributed by atoms with van der Waals surface area (Å²) in [5, 5.41) is 5.34. The molecule has 0 saturated heterocycles. The van der Waals surface area contributed by atoms with Crippen LogP contribution in [-0.2, 0) is 17.9 Å².